The van der Waals surface area contributed by atoms with Crippen LogP contribution in [-0.4, -0.2) is 150 Å². The van der Waals surface area contributed by atoms with Gasteiger partial charge in [0.1, 0.15) is 10.8 Å². The molecule has 6 N–H and O–H groups in total. The minimum atomic E-state index is -2.05. The Hall–Kier alpha value is -7.64. The van der Waals surface area contributed by atoms with Gasteiger partial charge in [0.15, 0.2) is 0 Å². The Kier molecular flexibility index (Phi) is 42.7. The van der Waals surface area contributed by atoms with Gasteiger partial charge in [0, 0.05) is 196 Å². The van der Waals surface area contributed by atoms with E-state index in [1.807, 2.05) is 179 Å². The number of nitrogens with one attached hydrogen (secondary N) is 1. The van der Waals surface area contributed by atoms with Crippen LogP contribution in [0.4, 0.5) is 0 Å². The fourth-order valence-corrected chi connectivity index (χ4v) is 11.3. The number of carbonyl (C=O) groups excluding carboxylic acids is 1. The van der Waals surface area contributed by atoms with E-state index in [1.54, 1.807) is 85.1 Å². The minimum absolute atomic E-state index is 0. The van der Waals surface area contributed by atoms with Crippen molar-refractivity contribution >= 4 is 144 Å². The highest BCUT2D eigenvalue weighted by Gasteiger charge is 2.52. The molecule has 0 radical (unpaired) electrons. The van der Waals surface area contributed by atoms with Crippen LogP contribution in [0.25, 0.3) is 55.9 Å². The van der Waals surface area contributed by atoms with Crippen LogP contribution in [0.5, 0.6) is 0 Å². The third-order valence-electron chi connectivity index (χ3n) is 16.8. The number of benzene rings is 1. The average molecular weight is 1880 g/mol. The van der Waals surface area contributed by atoms with Crippen LogP contribution in [0.15, 0.2) is 184 Å². The molecule has 0 bridgehead atoms. The van der Waals surface area contributed by atoms with Gasteiger partial charge in [-0.25, -0.2) is 9.97 Å². The number of aliphatic hydroxyl groups excluding tert-OH is 3. The molecule has 1 unspecified atom stereocenters. The van der Waals surface area contributed by atoms with E-state index < -0.39 is 15.6 Å². The Labute approximate surface area is 720 Å². The number of nitrogens with zero attached hydrogens (tertiary/aromatic N) is 16. The average Bonchev–Trinajstić information content (AvgIpc) is 1.73. The zero-order chi connectivity index (χ0) is 81.4. The minimum Gasteiger partial charge on any atom is -0.763 e. The normalized spacial score (nSPS) is 14.2. The second-order valence-electron chi connectivity index (χ2n) is 25.5. The SMILES string of the molecule is C.C.ClCCl.ClCCl.Cn1cc(-c2ccc(CBr)c[n+]2O)cn1.Cn1cc(-c2ccc(CBr)cn2)cn1.Cn1cc(-c2ccc(CO)cn2)cn1.Cn1cc(-c2ccc(Cc3cc(C(=O)N[C@H]4CCCC[C@@H]4O)nc4ccccc34)c[n+]2O)cn1.Cn1cc(B2OC(C)(C)C(C)(C)O2)cn1.O=S([O-])Br.OCc1ccc(Cl)nc1.[HH].[HH].[HH].[HH].[HH].[HH]. The largest absolute Gasteiger partial charge is 0.763 e. The fraction of sp³-hybridized carbons (Fsp3) is 0.342. The smallest absolute Gasteiger partial charge is 0.498 e. The number of para-hydroxylation sites is 1. The quantitative estimate of drug-likeness (QED) is 0.0119. The van der Waals surface area contributed by atoms with Gasteiger partial charge in [-0.3, -0.25) is 52.8 Å². The summed E-state index contributed by atoms with van der Waals surface area (Å²) in [5.41, 5.74) is 14.0. The lowest BCUT2D eigenvalue weighted by molar-refractivity contribution is -0.896. The maximum Gasteiger partial charge on any atom is 0.498 e. The van der Waals surface area contributed by atoms with Crippen molar-refractivity contribution in [2.24, 2.45) is 35.2 Å². The Morgan fingerprint density at radius 3 is 1.43 bits per heavy atom. The molecule has 14 rings (SSSR count). The van der Waals surface area contributed by atoms with Gasteiger partial charge >= 0.3 is 7.12 Å². The van der Waals surface area contributed by atoms with Crippen molar-refractivity contribution in [3.63, 3.8) is 0 Å². The first-order valence-electron chi connectivity index (χ1n) is 34.0. The van der Waals surface area contributed by atoms with E-state index in [2.05, 4.69) is 103 Å². The van der Waals surface area contributed by atoms with Crippen LogP contribution in [0.2, 0.25) is 5.15 Å². The van der Waals surface area contributed by atoms with Crippen LogP contribution in [0.3, 0.4) is 0 Å². The first-order valence-corrected chi connectivity index (χ1v) is 41.6. The fourth-order valence-electron chi connectivity index (χ4n) is 10.6. The molecule has 1 aliphatic heterocycles. The second-order valence-corrected chi connectivity index (χ2v) is 30.6. The van der Waals surface area contributed by atoms with E-state index in [1.165, 1.54) is 5.56 Å². The summed E-state index contributed by atoms with van der Waals surface area (Å²) >= 11 is 33.4. The number of halogens is 8. The number of aryl methyl sites for hydroxylation is 5. The highest BCUT2D eigenvalue weighted by atomic mass is 79.9. The van der Waals surface area contributed by atoms with Gasteiger partial charge in [-0.15, -0.1) is 46.4 Å². The number of aromatic nitrogens is 16. The van der Waals surface area contributed by atoms with Crippen molar-refractivity contribution in [2.75, 3.05) is 10.7 Å². The Bertz CT molecular complexity index is 4770. The summed E-state index contributed by atoms with van der Waals surface area (Å²) in [6.45, 7) is 8.23. The molecule has 1 saturated heterocycles. The van der Waals surface area contributed by atoms with Gasteiger partial charge in [0.05, 0.1) is 100 Å². The molecule has 2 aliphatic rings. The molecule has 1 aliphatic carbocycles. The number of pyridine rings is 6. The number of fused-ring (bicyclic) bond motifs is 1. The lowest BCUT2D eigenvalue weighted by atomic mass is 9.82. The van der Waals surface area contributed by atoms with Crippen molar-refractivity contribution in [1.29, 1.82) is 0 Å². The first kappa shape index (κ1) is 97.7. The molecule has 1 saturated carbocycles. The summed E-state index contributed by atoms with van der Waals surface area (Å²) in [7, 11) is 6.97. The van der Waals surface area contributed by atoms with Crippen LogP contribution >= 0.6 is 105 Å². The van der Waals surface area contributed by atoms with E-state index in [0.29, 0.717) is 29.4 Å². The van der Waals surface area contributed by atoms with Gasteiger partial charge < -0.3 is 34.5 Å². The molecule has 11 aromatic heterocycles. The predicted octanol–water partition coefficient (Wildman–Crippen LogP) is 15.4. The molecule has 12 heterocycles. The number of alkyl halides is 6. The topological polar surface area (TPSA) is 337 Å². The zero-order valence-corrected chi connectivity index (χ0v) is 71.5. The summed E-state index contributed by atoms with van der Waals surface area (Å²) in [6, 6.07) is 28.1. The summed E-state index contributed by atoms with van der Waals surface area (Å²) in [5, 5.41) is 74.8. The van der Waals surface area contributed by atoms with Crippen molar-refractivity contribution in [3.05, 3.63) is 228 Å². The Balaban J connectivity index is -0.00000137. The number of carbonyl (C=O) groups is 1. The first-order chi connectivity index (χ1) is 53.0. The zero-order valence-electron chi connectivity index (χ0n) is 62.2. The lowest BCUT2D eigenvalue weighted by Crippen LogP contribution is -2.45. The van der Waals surface area contributed by atoms with Gasteiger partial charge in [-0.05, 0) is 105 Å². The highest BCUT2D eigenvalue weighted by Crippen LogP contribution is 2.36. The van der Waals surface area contributed by atoms with Crippen molar-refractivity contribution in [1.82, 2.24) is 74.2 Å². The molecule has 37 heteroatoms. The van der Waals surface area contributed by atoms with Crippen molar-refractivity contribution < 1.29 is 66.6 Å². The summed E-state index contributed by atoms with van der Waals surface area (Å²) in [4.78, 5) is 29.9. The molecule has 2 fully saturated rings. The van der Waals surface area contributed by atoms with Crippen LogP contribution in [-0.2, 0) is 84.4 Å². The molecule has 113 heavy (non-hydrogen) atoms. The van der Waals surface area contributed by atoms with Gasteiger partial charge in [0.25, 0.3) is 17.3 Å². The molecule has 1 aromatic carbocycles. The molecular weight excluding hydrogens is 1770 g/mol. The molecular formula is C76H107BBr3Cl5N17O10S+. The van der Waals surface area contributed by atoms with E-state index in [4.69, 9.17) is 86.3 Å². The van der Waals surface area contributed by atoms with Gasteiger partial charge in [0.2, 0.25) is 12.4 Å². The Morgan fingerprint density at radius 1 is 0.611 bits per heavy atom. The molecule has 620 valence electrons. The second kappa shape index (κ2) is 49.3. The summed E-state index contributed by atoms with van der Waals surface area (Å²) in [5.74, 6) is -0.276. The summed E-state index contributed by atoms with van der Waals surface area (Å²) < 4.78 is 40.5. The van der Waals surface area contributed by atoms with Crippen molar-refractivity contribution in [3.8, 4) is 45.0 Å². The molecule has 0 spiro atoms. The van der Waals surface area contributed by atoms with Crippen LogP contribution in [0.1, 0.15) is 121 Å². The number of rotatable bonds is 13. The molecule has 12 aromatic rings. The molecule has 27 nitrogen and oxygen atoms in total. The monoisotopic (exact) mass is 1870 g/mol. The van der Waals surface area contributed by atoms with Crippen LogP contribution in [0, 0.1) is 0 Å². The standard InChI is InChI=1S/C26H27N5O3.C10H17BN2O2.C10H11BrN3O.C10H10BrN3.C10H11N3O.C6H6ClNO.2CH2Cl2.2CH4.BrHO2S.6H2/c1-30-16-19(14-27-30)24-11-10-17(15-31(24)34)12-18-13-23(28-21-7-3-2-6-20(18)21)26(33)29-22-8-4-5-9-25(22)32;1-9(2)10(3,4)15-11(14-9)8-6-12-13(5)7-8;1-13-7-9(5-12-13)10-3-2-8(4-11)6-14(10)15;1-14-7-9(6-13-14)10-3-2-8(4-11)5-12-10;1-13-6-9(5-12-13)10-3-2-8(7-14)4-11-10;7-6-2-1-5(4-9)3-8-6;2*2-1-3;;;1-4(2)3;;;;;;/h2-3,6-7,10-11,13-16,22,25,32H,4-5,8-9,12H2,1H3,(H-,29,33,34);6-7H,1-5H3;2-3,5-7,15H,4H2,1H3;2-3,5-7H,4H2,1H3;2-6,14H,7H2,1H3;1-3,9H,4H2;2*1H2;2*1H4;(H,2,3);6*1H/q;;+1;;;;;;;;;;;;;;/t22-,25-;;;;;;;;;;;;;;;;/m0................/s1. The van der Waals surface area contributed by atoms with Gasteiger partial charge in [-0.1, -0.05) is 108 Å². The number of hydrogen-bond acceptors (Lipinski definition) is 19. The lowest BCUT2D eigenvalue weighted by Gasteiger charge is -2.32. The maximum atomic E-state index is 13.0. The van der Waals surface area contributed by atoms with E-state index in [9.17, 15) is 20.3 Å². The summed E-state index contributed by atoms with van der Waals surface area (Å²) in [6.07, 6.45) is 30.1. The highest BCUT2D eigenvalue weighted by molar-refractivity contribution is 9.45. The third kappa shape index (κ3) is 31.5. The van der Waals surface area contributed by atoms with E-state index in [0.717, 1.165) is 123 Å². The van der Waals surface area contributed by atoms with E-state index >= 15 is 0 Å². The van der Waals surface area contributed by atoms with E-state index in [-0.39, 0.29) is 77.6 Å². The maximum absolute atomic E-state index is 13.0. The number of hydrogen-bond donors (Lipinski definition) is 6. The van der Waals surface area contributed by atoms with Crippen molar-refractivity contribution in [2.45, 2.75) is 122 Å². The third-order valence-corrected chi connectivity index (χ3v) is 18.3. The Morgan fingerprint density at radius 2 is 1.03 bits per heavy atom. The van der Waals surface area contributed by atoms with Gasteiger partial charge in [-0.2, -0.15) is 25.5 Å². The number of aliphatic hydroxyl groups is 3. The molecule has 3 atom stereocenters. The molecule has 1 amide bonds. The van der Waals surface area contributed by atoms with Crippen LogP contribution < -0.4 is 20.2 Å². The number of amides is 1. The predicted molar refractivity (Wildman–Crippen MR) is 468 cm³/mol.